The number of nitrogens with one attached hydrogen (secondary N) is 1. The Morgan fingerprint density at radius 3 is 2.95 bits per heavy atom. The molecule has 1 aromatic carbocycles. The number of aryl methyl sites for hydroxylation is 2. The van der Waals surface area contributed by atoms with Crippen molar-refractivity contribution in [1.82, 2.24) is 10.2 Å². The van der Waals surface area contributed by atoms with Crippen molar-refractivity contribution in [3.8, 4) is 0 Å². The molecule has 0 saturated carbocycles. The lowest BCUT2D eigenvalue weighted by atomic mass is 10.0. The van der Waals surface area contributed by atoms with E-state index >= 15 is 0 Å². The van der Waals surface area contributed by atoms with Crippen LogP contribution in [0.2, 0.25) is 0 Å². The van der Waals surface area contributed by atoms with E-state index in [0.717, 1.165) is 27.9 Å². The van der Waals surface area contributed by atoms with Gasteiger partial charge in [-0.2, -0.15) is 0 Å². The van der Waals surface area contributed by atoms with Gasteiger partial charge in [-0.15, -0.1) is 10.2 Å². The van der Waals surface area contributed by atoms with Gasteiger partial charge in [0.1, 0.15) is 0 Å². The summed E-state index contributed by atoms with van der Waals surface area (Å²) >= 11 is 2.96. The normalized spacial score (nSPS) is 13.4. The van der Waals surface area contributed by atoms with Crippen LogP contribution in [-0.4, -0.2) is 27.8 Å². The molecule has 0 atom stereocenters. The Labute approximate surface area is 138 Å². The summed E-state index contributed by atoms with van der Waals surface area (Å²) in [5.41, 5.74) is 3.56. The largest absolute Gasteiger partial charge is 0.358 e. The second kappa shape index (κ2) is 6.79. The molecule has 4 nitrogen and oxygen atoms in total. The van der Waals surface area contributed by atoms with Crippen LogP contribution in [0.1, 0.15) is 41.8 Å². The first-order chi connectivity index (χ1) is 10.6. The second-order valence-corrected chi connectivity index (χ2v) is 7.92. The Morgan fingerprint density at radius 2 is 2.14 bits per heavy atom. The summed E-state index contributed by atoms with van der Waals surface area (Å²) < 4.78 is 0.831. The SMILES string of the molecule is CC(C)Nc1nnc(SCC(=O)c2ccc3c(c2)CCC3)s1. The number of carbonyl (C=O) groups excluding carboxylic acids is 1. The molecule has 0 bridgehead atoms. The summed E-state index contributed by atoms with van der Waals surface area (Å²) in [6, 6.07) is 6.46. The van der Waals surface area contributed by atoms with Crippen molar-refractivity contribution in [1.29, 1.82) is 0 Å². The van der Waals surface area contributed by atoms with Crippen molar-refractivity contribution < 1.29 is 4.79 Å². The number of Topliss-reactive ketones (excluding diaryl/α,β-unsaturated/α-hetero) is 1. The summed E-state index contributed by atoms with van der Waals surface area (Å²) in [7, 11) is 0. The Balaban J connectivity index is 1.59. The van der Waals surface area contributed by atoms with Gasteiger partial charge in [-0.05, 0) is 50.3 Å². The summed E-state index contributed by atoms with van der Waals surface area (Å²) in [4.78, 5) is 12.3. The van der Waals surface area contributed by atoms with Gasteiger partial charge in [0.2, 0.25) is 5.13 Å². The lowest BCUT2D eigenvalue weighted by molar-refractivity contribution is 0.102. The highest BCUT2D eigenvalue weighted by Crippen LogP contribution is 2.27. The van der Waals surface area contributed by atoms with Crippen LogP contribution >= 0.6 is 23.1 Å². The van der Waals surface area contributed by atoms with Gasteiger partial charge in [0.05, 0.1) is 5.75 Å². The molecule has 1 N–H and O–H groups in total. The third kappa shape index (κ3) is 3.67. The Morgan fingerprint density at radius 1 is 1.32 bits per heavy atom. The molecular formula is C16H19N3OS2. The zero-order valence-electron chi connectivity index (χ0n) is 12.8. The van der Waals surface area contributed by atoms with Gasteiger partial charge in [-0.3, -0.25) is 4.79 Å². The molecule has 22 heavy (non-hydrogen) atoms. The van der Waals surface area contributed by atoms with Crippen molar-refractivity contribution in [3.05, 3.63) is 34.9 Å². The van der Waals surface area contributed by atoms with Crippen LogP contribution in [-0.2, 0) is 12.8 Å². The minimum absolute atomic E-state index is 0.160. The van der Waals surface area contributed by atoms with Crippen LogP contribution < -0.4 is 5.32 Å². The molecule has 0 unspecified atom stereocenters. The molecule has 116 valence electrons. The predicted molar refractivity (Wildman–Crippen MR) is 92.2 cm³/mol. The van der Waals surface area contributed by atoms with E-state index in [1.807, 2.05) is 6.07 Å². The Hall–Kier alpha value is -1.40. The summed E-state index contributed by atoms with van der Waals surface area (Å²) in [5.74, 6) is 0.572. The van der Waals surface area contributed by atoms with E-state index in [1.54, 1.807) is 0 Å². The van der Waals surface area contributed by atoms with Crippen LogP contribution in [0.15, 0.2) is 22.5 Å². The summed E-state index contributed by atoms with van der Waals surface area (Å²) in [5, 5.41) is 12.2. The lowest BCUT2D eigenvalue weighted by Gasteiger charge is -2.04. The van der Waals surface area contributed by atoms with Crippen LogP contribution in [0.25, 0.3) is 0 Å². The quantitative estimate of drug-likeness (QED) is 0.643. The standard InChI is InChI=1S/C16H19N3OS2/c1-10(2)17-15-18-19-16(22-15)21-9-14(20)13-7-6-11-4-3-5-12(11)8-13/h6-8,10H,3-5,9H2,1-2H3,(H,17,18). The third-order valence-electron chi connectivity index (χ3n) is 3.57. The van der Waals surface area contributed by atoms with Crippen molar-refractivity contribution in [2.75, 3.05) is 11.1 Å². The average molecular weight is 333 g/mol. The van der Waals surface area contributed by atoms with Crippen LogP contribution in [0, 0.1) is 0 Å². The smallest absolute Gasteiger partial charge is 0.206 e. The lowest BCUT2D eigenvalue weighted by Crippen LogP contribution is -2.08. The number of nitrogens with zero attached hydrogens (tertiary/aromatic N) is 2. The van der Waals surface area contributed by atoms with Gasteiger partial charge >= 0.3 is 0 Å². The number of hydrogen-bond donors (Lipinski definition) is 1. The van der Waals surface area contributed by atoms with Crippen LogP contribution in [0.5, 0.6) is 0 Å². The molecule has 0 radical (unpaired) electrons. The van der Waals surface area contributed by atoms with Crippen molar-refractivity contribution in [2.45, 2.75) is 43.5 Å². The fourth-order valence-corrected chi connectivity index (χ4v) is 4.32. The number of rotatable bonds is 6. The molecule has 0 aliphatic heterocycles. The number of thioether (sulfide) groups is 1. The van der Waals surface area contributed by atoms with Gasteiger partial charge in [0.25, 0.3) is 0 Å². The first-order valence-electron chi connectivity index (χ1n) is 7.49. The molecule has 3 rings (SSSR count). The molecular weight excluding hydrogens is 314 g/mol. The van der Waals surface area contributed by atoms with E-state index in [1.165, 1.54) is 40.6 Å². The van der Waals surface area contributed by atoms with Gasteiger partial charge in [0, 0.05) is 11.6 Å². The summed E-state index contributed by atoms with van der Waals surface area (Å²) in [6.45, 7) is 4.12. The maximum atomic E-state index is 12.3. The van der Waals surface area contributed by atoms with Crippen molar-refractivity contribution in [2.24, 2.45) is 0 Å². The number of aromatic nitrogens is 2. The molecule has 2 aromatic rings. The monoisotopic (exact) mass is 333 g/mol. The average Bonchev–Trinajstić information content (AvgIpc) is 3.12. The zero-order valence-corrected chi connectivity index (χ0v) is 14.4. The maximum Gasteiger partial charge on any atom is 0.206 e. The molecule has 0 saturated heterocycles. The number of carbonyl (C=O) groups is 1. The van der Waals surface area contributed by atoms with Crippen molar-refractivity contribution in [3.63, 3.8) is 0 Å². The van der Waals surface area contributed by atoms with Crippen molar-refractivity contribution >= 4 is 34.0 Å². The Bertz CT molecular complexity index is 682. The highest BCUT2D eigenvalue weighted by molar-refractivity contribution is 8.01. The first-order valence-corrected chi connectivity index (χ1v) is 9.30. The molecule has 0 fully saturated rings. The molecule has 0 spiro atoms. The minimum Gasteiger partial charge on any atom is -0.358 e. The van der Waals surface area contributed by atoms with Gasteiger partial charge in [-0.25, -0.2) is 0 Å². The van der Waals surface area contributed by atoms with E-state index in [-0.39, 0.29) is 5.78 Å². The second-order valence-electron chi connectivity index (χ2n) is 5.72. The molecule has 0 amide bonds. The number of fused-ring (bicyclic) bond motifs is 1. The van der Waals surface area contributed by atoms with Gasteiger partial charge in [-0.1, -0.05) is 35.2 Å². The van der Waals surface area contributed by atoms with Gasteiger partial charge < -0.3 is 5.32 Å². The fraction of sp³-hybridized carbons (Fsp3) is 0.438. The minimum atomic E-state index is 0.160. The highest BCUT2D eigenvalue weighted by Gasteiger charge is 2.15. The predicted octanol–water partition coefficient (Wildman–Crippen LogP) is 3.82. The fourth-order valence-electron chi connectivity index (χ4n) is 2.53. The van der Waals surface area contributed by atoms with E-state index in [9.17, 15) is 4.79 Å². The van der Waals surface area contributed by atoms with Crippen LogP contribution in [0.3, 0.4) is 0 Å². The Kier molecular flexibility index (Phi) is 4.78. The maximum absolute atomic E-state index is 12.3. The van der Waals surface area contributed by atoms with E-state index in [0.29, 0.717) is 11.8 Å². The molecule has 1 aliphatic carbocycles. The van der Waals surface area contributed by atoms with E-state index in [2.05, 4.69) is 41.5 Å². The third-order valence-corrected chi connectivity index (χ3v) is 5.55. The number of hydrogen-bond acceptors (Lipinski definition) is 6. The van der Waals surface area contributed by atoms with Crippen LogP contribution in [0.4, 0.5) is 5.13 Å². The number of ketones is 1. The number of anilines is 1. The topological polar surface area (TPSA) is 54.9 Å². The number of benzene rings is 1. The van der Waals surface area contributed by atoms with Gasteiger partial charge in [0.15, 0.2) is 10.1 Å². The molecule has 1 aromatic heterocycles. The summed E-state index contributed by atoms with van der Waals surface area (Å²) in [6.07, 6.45) is 3.46. The molecule has 1 aliphatic rings. The first kappa shape index (κ1) is 15.5. The molecule has 1 heterocycles. The molecule has 6 heteroatoms. The zero-order chi connectivity index (χ0) is 15.5. The van der Waals surface area contributed by atoms with E-state index in [4.69, 9.17) is 0 Å². The van der Waals surface area contributed by atoms with E-state index < -0.39 is 0 Å². The highest BCUT2D eigenvalue weighted by atomic mass is 32.2.